The summed E-state index contributed by atoms with van der Waals surface area (Å²) in [5.41, 5.74) is 1.17. The highest BCUT2D eigenvalue weighted by molar-refractivity contribution is 7.99. The second kappa shape index (κ2) is 7.81. The van der Waals surface area contributed by atoms with Gasteiger partial charge in [-0.05, 0) is 44.7 Å². The molecule has 0 fully saturated rings. The third-order valence-corrected chi connectivity index (χ3v) is 4.95. The summed E-state index contributed by atoms with van der Waals surface area (Å²) >= 11 is 1.83. The average molecular weight is 337 g/mol. The molecule has 0 amide bonds. The lowest BCUT2D eigenvalue weighted by atomic mass is 10.2. The van der Waals surface area contributed by atoms with Crippen LogP contribution in [0.3, 0.4) is 0 Å². The number of hydrogen-bond donors (Lipinski definition) is 1. The van der Waals surface area contributed by atoms with Gasteiger partial charge in [0.15, 0.2) is 17.5 Å². The first-order valence-electron chi connectivity index (χ1n) is 7.88. The maximum Gasteiger partial charge on any atom is 0.231 e. The molecule has 128 valence electrons. The largest absolute Gasteiger partial charge is 0.454 e. The van der Waals surface area contributed by atoms with E-state index in [0.29, 0.717) is 6.79 Å². The van der Waals surface area contributed by atoms with Gasteiger partial charge in [0.25, 0.3) is 0 Å². The number of ether oxygens (including phenoxy) is 2. The van der Waals surface area contributed by atoms with Gasteiger partial charge in [0.1, 0.15) is 0 Å². The molecule has 5 nitrogen and oxygen atoms in total. The second-order valence-electron chi connectivity index (χ2n) is 6.18. The van der Waals surface area contributed by atoms with Crippen molar-refractivity contribution in [2.24, 2.45) is 4.99 Å². The van der Waals surface area contributed by atoms with E-state index in [0.717, 1.165) is 37.1 Å². The number of thioether (sulfide) groups is 1. The fourth-order valence-electron chi connectivity index (χ4n) is 2.19. The standard InChI is InChI=1S/C17H27N3O2S/c1-6-18-16(19-11-17(2,3)23-5)20(4)10-13-7-8-14-15(9-13)22-12-21-14/h7-9H,6,10-12H2,1-5H3,(H,18,19). The summed E-state index contributed by atoms with van der Waals surface area (Å²) in [5, 5.41) is 3.36. The smallest absolute Gasteiger partial charge is 0.231 e. The Kier molecular flexibility index (Phi) is 6.04. The molecule has 0 saturated heterocycles. The lowest BCUT2D eigenvalue weighted by molar-refractivity contribution is 0.174. The summed E-state index contributed by atoms with van der Waals surface area (Å²) in [6, 6.07) is 6.07. The highest BCUT2D eigenvalue weighted by Crippen LogP contribution is 2.32. The molecule has 0 aliphatic carbocycles. The zero-order valence-corrected chi connectivity index (χ0v) is 15.5. The molecule has 0 saturated carbocycles. The highest BCUT2D eigenvalue weighted by atomic mass is 32.2. The molecule has 23 heavy (non-hydrogen) atoms. The molecular weight excluding hydrogens is 310 g/mol. The number of aliphatic imine (C=N–C) groups is 1. The van der Waals surface area contributed by atoms with E-state index in [4.69, 9.17) is 14.5 Å². The van der Waals surface area contributed by atoms with E-state index < -0.39 is 0 Å². The van der Waals surface area contributed by atoms with Gasteiger partial charge in [-0.15, -0.1) is 0 Å². The van der Waals surface area contributed by atoms with E-state index in [1.54, 1.807) is 0 Å². The van der Waals surface area contributed by atoms with Crippen molar-refractivity contribution in [3.8, 4) is 11.5 Å². The van der Waals surface area contributed by atoms with Gasteiger partial charge < -0.3 is 19.7 Å². The van der Waals surface area contributed by atoms with Crippen LogP contribution < -0.4 is 14.8 Å². The SMILES string of the molecule is CCNC(=NCC(C)(C)SC)N(C)Cc1ccc2c(c1)OCO2. The molecule has 1 aromatic rings. The van der Waals surface area contributed by atoms with Crippen molar-refractivity contribution in [3.63, 3.8) is 0 Å². The molecule has 1 aliphatic rings. The number of guanidine groups is 1. The van der Waals surface area contributed by atoms with Crippen LogP contribution >= 0.6 is 11.8 Å². The van der Waals surface area contributed by atoms with Gasteiger partial charge in [-0.25, -0.2) is 0 Å². The van der Waals surface area contributed by atoms with Crippen molar-refractivity contribution in [3.05, 3.63) is 23.8 Å². The van der Waals surface area contributed by atoms with Crippen LogP contribution in [0.25, 0.3) is 0 Å². The van der Waals surface area contributed by atoms with Gasteiger partial charge in [-0.1, -0.05) is 6.07 Å². The Hall–Kier alpha value is -1.56. The molecule has 0 radical (unpaired) electrons. The van der Waals surface area contributed by atoms with Gasteiger partial charge in [0, 0.05) is 24.9 Å². The minimum atomic E-state index is 0.139. The normalized spacial score (nSPS) is 14.0. The summed E-state index contributed by atoms with van der Waals surface area (Å²) in [5.74, 6) is 2.56. The molecule has 1 aromatic carbocycles. The third kappa shape index (κ3) is 4.96. The van der Waals surface area contributed by atoms with Crippen LogP contribution in [0.5, 0.6) is 11.5 Å². The van der Waals surface area contributed by atoms with Crippen LogP contribution in [-0.2, 0) is 6.54 Å². The van der Waals surface area contributed by atoms with Crippen molar-refractivity contribution in [2.45, 2.75) is 32.1 Å². The van der Waals surface area contributed by atoms with Gasteiger partial charge in [0.2, 0.25) is 6.79 Å². The van der Waals surface area contributed by atoms with Crippen LogP contribution in [0, 0.1) is 0 Å². The predicted molar refractivity (Wildman–Crippen MR) is 97.6 cm³/mol. The fraction of sp³-hybridized carbons (Fsp3) is 0.588. The Morgan fingerprint density at radius 1 is 1.35 bits per heavy atom. The zero-order valence-electron chi connectivity index (χ0n) is 14.7. The summed E-state index contributed by atoms with van der Waals surface area (Å²) in [7, 11) is 2.05. The van der Waals surface area contributed by atoms with Gasteiger partial charge in [0.05, 0.1) is 6.54 Å². The molecule has 1 N–H and O–H groups in total. The molecule has 0 spiro atoms. The number of fused-ring (bicyclic) bond motifs is 1. The topological polar surface area (TPSA) is 46.1 Å². The van der Waals surface area contributed by atoms with E-state index in [2.05, 4.69) is 50.4 Å². The molecule has 2 rings (SSSR count). The first-order valence-corrected chi connectivity index (χ1v) is 9.11. The third-order valence-electron chi connectivity index (χ3n) is 3.72. The lowest BCUT2D eigenvalue weighted by Gasteiger charge is -2.25. The zero-order chi connectivity index (χ0) is 16.9. The molecule has 0 aromatic heterocycles. The maximum absolute atomic E-state index is 5.45. The number of nitrogens with one attached hydrogen (secondary N) is 1. The summed E-state index contributed by atoms with van der Waals surface area (Å²) in [6.07, 6.45) is 2.12. The number of benzene rings is 1. The summed E-state index contributed by atoms with van der Waals surface area (Å²) in [6.45, 7) is 9.21. The van der Waals surface area contributed by atoms with E-state index in [1.807, 2.05) is 23.9 Å². The summed E-state index contributed by atoms with van der Waals surface area (Å²) < 4.78 is 10.9. The molecule has 0 unspecified atom stereocenters. The number of hydrogen-bond acceptors (Lipinski definition) is 4. The Morgan fingerprint density at radius 2 is 2.09 bits per heavy atom. The molecule has 0 bridgehead atoms. The first kappa shape index (κ1) is 17.8. The fourth-order valence-corrected chi connectivity index (χ4v) is 2.38. The molecule has 1 aliphatic heterocycles. The minimum absolute atomic E-state index is 0.139. The first-order chi connectivity index (χ1) is 10.9. The van der Waals surface area contributed by atoms with Crippen molar-refractivity contribution in [1.82, 2.24) is 10.2 Å². The van der Waals surface area contributed by atoms with E-state index in [-0.39, 0.29) is 4.75 Å². The molecule has 6 heteroatoms. The van der Waals surface area contributed by atoms with Crippen LogP contribution in [0.4, 0.5) is 0 Å². The highest BCUT2D eigenvalue weighted by Gasteiger charge is 2.17. The molecule has 1 heterocycles. The number of nitrogens with zero attached hydrogens (tertiary/aromatic N) is 2. The van der Waals surface area contributed by atoms with Crippen molar-refractivity contribution < 1.29 is 9.47 Å². The van der Waals surface area contributed by atoms with E-state index in [1.165, 1.54) is 5.56 Å². The van der Waals surface area contributed by atoms with Crippen LogP contribution in [0.1, 0.15) is 26.3 Å². The predicted octanol–water partition coefficient (Wildman–Crippen LogP) is 2.95. The Bertz CT molecular complexity index is 561. The van der Waals surface area contributed by atoms with Gasteiger partial charge >= 0.3 is 0 Å². The van der Waals surface area contributed by atoms with Crippen molar-refractivity contribution in [2.75, 3.05) is 33.2 Å². The quantitative estimate of drug-likeness (QED) is 0.639. The van der Waals surface area contributed by atoms with Crippen molar-refractivity contribution >= 4 is 17.7 Å². The minimum Gasteiger partial charge on any atom is -0.454 e. The van der Waals surface area contributed by atoms with Gasteiger partial charge in [-0.3, -0.25) is 4.99 Å². The van der Waals surface area contributed by atoms with Crippen LogP contribution in [0.15, 0.2) is 23.2 Å². The molecule has 0 atom stereocenters. The van der Waals surface area contributed by atoms with E-state index in [9.17, 15) is 0 Å². The lowest BCUT2D eigenvalue weighted by Crippen LogP contribution is -2.39. The summed E-state index contributed by atoms with van der Waals surface area (Å²) in [4.78, 5) is 6.92. The number of rotatable bonds is 6. The van der Waals surface area contributed by atoms with E-state index >= 15 is 0 Å². The average Bonchev–Trinajstić information content (AvgIpc) is 2.99. The Morgan fingerprint density at radius 3 is 2.78 bits per heavy atom. The van der Waals surface area contributed by atoms with Crippen LogP contribution in [0.2, 0.25) is 0 Å². The Labute approximate surface area is 143 Å². The van der Waals surface area contributed by atoms with Gasteiger partial charge in [-0.2, -0.15) is 11.8 Å². The molecular formula is C17H27N3O2S. The Balaban J connectivity index is 2.05. The second-order valence-corrected chi connectivity index (χ2v) is 7.69. The van der Waals surface area contributed by atoms with Crippen LogP contribution in [-0.4, -0.2) is 48.8 Å². The monoisotopic (exact) mass is 337 g/mol. The van der Waals surface area contributed by atoms with Crippen molar-refractivity contribution in [1.29, 1.82) is 0 Å². The maximum atomic E-state index is 5.45.